The van der Waals surface area contributed by atoms with E-state index >= 15 is 0 Å². The molecule has 0 aromatic heterocycles. The van der Waals surface area contributed by atoms with E-state index in [0.29, 0.717) is 17.5 Å². The van der Waals surface area contributed by atoms with Crippen molar-refractivity contribution in [1.82, 2.24) is 0 Å². The summed E-state index contributed by atoms with van der Waals surface area (Å²) in [6.45, 7) is 2.76. The number of methoxy groups -OCH3 is 1. The first kappa shape index (κ1) is 28.7. The summed E-state index contributed by atoms with van der Waals surface area (Å²) in [5.74, 6) is -0.266. The molecule has 0 bridgehead atoms. The normalized spacial score (nSPS) is 16.3. The predicted octanol–water partition coefficient (Wildman–Crippen LogP) is 6.67. The van der Waals surface area contributed by atoms with Gasteiger partial charge in [0.05, 0.1) is 12.8 Å². The Hall–Kier alpha value is -2.85. The number of carbonyl (C=O) groups is 2. The number of hydrogen-bond acceptors (Lipinski definition) is 6. The number of thioether (sulfide) groups is 1. The van der Waals surface area contributed by atoms with Crippen LogP contribution in [0.3, 0.4) is 0 Å². The van der Waals surface area contributed by atoms with Crippen molar-refractivity contribution in [2.24, 2.45) is 4.99 Å². The number of aliphatic imine (C=N–C) groups is 1. The van der Waals surface area contributed by atoms with Crippen LogP contribution >= 0.6 is 23.4 Å². The molecule has 0 unspecified atom stereocenters. The lowest BCUT2D eigenvalue weighted by Gasteiger charge is -2.17. The Bertz CT molecular complexity index is 1080. The average molecular weight is 554 g/mol. The zero-order valence-corrected chi connectivity index (χ0v) is 22.3. The van der Waals surface area contributed by atoms with Gasteiger partial charge in [0.25, 0.3) is 0 Å². The SMILES string of the molecule is CCCCCCCN=C(Nc1ccc(OC)cc1)S[C@@H]1CC(=O)N(c2ccc(OC(F)(F)Cl)cc2)C1=O. The number of ether oxygens (including phenoxy) is 2. The number of alkyl halides is 3. The Morgan fingerprint density at radius 1 is 1.08 bits per heavy atom. The van der Waals surface area contributed by atoms with Crippen molar-refractivity contribution in [3.8, 4) is 11.5 Å². The maximum Gasteiger partial charge on any atom is 0.487 e. The number of hydrogen-bond donors (Lipinski definition) is 1. The fraction of sp³-hybridized carbons (Fsp3) is 0.423. The molecule has 37 heavy (non-hydrogen) atoms. The molecule has 0 saturated carbocycles. The van der Waals surface area contributed by atoms with Crippen molar-refractivity contribution >= 4 is 51.7 Å². The van der Waals surface area contributed by atoms with Crippen LogP contribution in [0, 0.1) is 0 Å². The summed E-state index contributed by atoms with van der Waals surface area (Å²) in [5.41, 5.74) is -2.82. The van der Waals surface area contributed by atoms with Crippen molar-refractivity contribution in [3.05, 3.63) is 48.5 Å². The van der Waals surface area contributed by atoms with E-state index in [1.807, 2.05) is 24.3 Å². The van der Waals surface area contributed by atoms with Crippen molar-refractivity contribution in [2.45, 2.75) is 56.3 Å². The van der Waals surface area contributed by atoms with E-state index in [9.17, 15) is 18.4 Å². The van der Waals surface area contributed by atoms with Gasteiger partial charge in [-0.2, -0.15) is 0 Å². The molecule has 1 atom stereocenters. The molecule has 0 aliphatic carbocycles. The number of nitrogens with zero attached hydrogens (tertiary/aromatic N) is 2. The summed E-state index contributed by atoms with van der Waals surface area (Å²) in [6, 6.07) is 12.5. The van der Waals surface area contributed by atoms with Crippen LogP contribution in [0.5, 0.6) is 11.5 Å². The van der Waals surface area contributed by atoms with Crippen LogP contribution in [0.4, 0.5) is 20.2 Å². The number of unbranched alkanes of at least 4 members (excludes halogenated alkanes) is 4. The fourth-order valence-electron chi connectivity index (χ4n) is 3.70. The van der Waals surface area contributed by atoms with Crippen molar-refractivity contribution in [1.29, 1.82) is 0 Å². The highest BCUT2D eigenvalue weighted by molar-refractivity contribution is 8.15. The topological polar surface area (TPSA) is 80.2 Å². The van der Waals surface area contributed by atoms with Crippen LogP contribution in [0.15, 0.2) is 53.5 Å². The number of amides is 2. The molecule has 2 aromatic carbocycles. The van der Waals surface area contributed by atoms with Gasteiger partial charge in [0, 0.05) is 30.3 Å². The maximum atomic E-state index is 13.2. The van der Waals surface area contributed by atoms with Crippen LogP contribution < -0.4 is 19.7 Å². The predicted molar refractivity (Wildman–Crippen MR) is 144 cm³/mol. The molecular weight excluding hydrogens is 524 g/mol. The van der Waals surface area contributed by atoms with Gasteiger partial charge >= 0.3 is 5.57 Å². The van der Waals surface area contributed by atoms with Gasteiger partial charge in [-0.1, -0.05) is 44.4 Å². The average Bonchev–Trinajstić information content (AvgIpc) is 3.13. The first-order valence-electron chi connectivity index (χ1n) is 12.0. The number of carbonyl (C=O) groups excluding carboxylic acids is 2. The Kier molecular flexibility index (Phi) is 10.6. The van der Waals surface area contributed by atoms with Crippen molar-refractivity contribution in [2.75, 3.05) is 23.9 Å². The molecule has 3 rings (SSSR count). The third kappa shape index (κ3) is 8.89. The number of anilines is 2. The van der Waals surface area contributed by atoms with Gasteiger partial charge in [-0.25, -0.2) is 4.90 Å². The number of rotatable bonds is 12. The van der Waals surface area contributed by atoms with Crippen LogP contribution in [-0.4, -0.2) is 41.5 Å². The molecule has 2 amide bonds. The number of nitrogens with one attached hydrogen (secondary N) is 1. The van der Waals surface area contributed by atoms with Crippen LogP contribution in [0.25, 0.3) is 0 Å². The largest absolute Gasteiger partial charge is 0.497 e. The quantitative estimate of drug-likeness (QED) is 0.104. The van der Waals surface area contributed by atoms with E-state index in [1.54, 1.807) is 7.11 Å². The molecular formula is C26H30ClF2N3O4S. The second kappa shape index (κ2) is 13.6. The molecule has 1 fully saturated rings. The second-order valence-electron chi connectivity index (χ2n) is 8.37. The number of halogens is 3. The number of amidine groups is 1. The van der Waals surface area contributed by atoms with Gasteiger partial charge in [-0.15, -0.1) is 8.78 Å². The molecule has 0 radical (unpaired) electrons. The highest BCUT2D eigenvalue weighted by Gasteiger charge is 2.41. The Balaban J connectivity index is 1.70. The highest BCUT2D eigenvalue weighted by atomic mass is 35.5. The first-order chi connectivity index (χ1) is 17.7. The summed E-state index contributed by atoms with van der Waals surface area (Å²) in [7, 11) is 1.59. The highest BCUT2D eigenvalue weighted by Crippen LogP contribution is 2.33. The monoisotopic (exact) mass is 553 g/mol. The van der Waals surface area contributed by atoms with Gasteiger partial charge in [-0.3, -0.25) is 14.6 Å². The first-order valence-corrected chi connectivity index (χ1v) is 13.3. The third-order valence-electron chi connectivity index (χ3n) is 5.55. The van der Waals surface area contributed by atoms with Crippen molar-refractivity contribution < 1.29 is 27.8 Å². The minimum atomic E-state index is -3.86. The van der Waals surface area contributed by atoms with Crippen LogP contribution in [0.2, 0.25) is 0 Å². The van der Waals surface area contributed by atoms with E-state index in [4.69, 9.17) is 16.3 Å². The van der Waals surface area contributed by atoms with Gasteiger partial charge < -0.3 is 14.8 Å². The minimum absolute atomic E-state index is 0.0126. The van der Waals surface area contributed by atoms with E-state index in [0.717, 1.165) is 36.3 Å². The molecule has 2 aromatic rings. The lowest BCUT2D eigenvalue weighted by Crippen LogP contribution is -2.31. The molecule has 0 spiro atoms. The Morgan fingerprint density at radius 2 is 1.73 bits per heavy atom. The molecule has 11 heteroatoms. The van der Waals surface area contributed by atoms with Gasteiger partial charge in [0.2, 0.25) is 11.8 Å². The van der Waals surface area contributed by atoms with E-state index in [1.165, 1.54) is 42.4 Å². The number of imide groups is 1. The van der Waals surface area contributed by atoms with Gasteiger partial charge in [-0.05, 0) is 55.0 Å². The Morgan fingerprint density at radius 3 is 2.35 bits per heavy atom. The molecule has 1 heterocycles. The van der Waals surface area contributed by atoms with Gasteiger partial charge in [0.15, 0.2) is 5.17 Å². The summed E-state index contributed by atoms with van der Waals surface area (Å²) >= 11 is 5.99. The molecule has 200 valence electrons. The fourth-order valence-corrected chi connectivity index (χ4v) is 4.83. The lowest BCUT2D eigenvalue weighted by atomic mass is 10.2. The molecule has 1 aliphatic heterocycles. The van der Waals surface area contributed by atoms with E-state index in [-0.39, 0.29) is 23.8 Å². The van der Waals surface area contributed by atoms with Crippen molar-refractivity contribution in [3.63, 3.8) is 0 Å². The summed E-state index contributed by atoms with van der Waals surface area (Å²) in [5, 5.41) is 3.12. The maximum absolute atomic E-state index is 13.2. The van der Waals surface area contributed by atoms with Gasteiger partial charge in [0.1, 0.15) is 16.7 Å². The minimum Gasteiger partial charge on any atom is -0.497 e. The third-order valence-corrected chi connectivity index (χ3v) is 6.73. The molecule has 1 aliphatic rings. The zero-order valence-electron chi connectivity index (χ0n) is 20.7. The zero-order chi connectivity index (χ0) is 26.8. The van der Waals surface area contributed by atoms with Crippen LogP contribution in [-0.2, 0) is 9.59 Å². The smallest absolute Gasteiger partial charge is 0.487 e. The van der Waals surface area contributed by atoms with E-state index in [2.05, 4.69) is 22.0 Å². The second-order valence-corrected chi connectivity index (χ2v) is 10.0. The summed E-state index contributed by atoms with van der Waals surface area (Å²) < 4.78 is 35.2. The standard InChI is InChI=1S/C26H30ClF2N3O4S/c1-3-4-5-6-7-16-30-25(31-18-8-12-20(35-2)13-9-18)37-22-17-23(33)32(24(22)34)19-10-14-21(15-11-19)36-26(27,28)29/h8-15,22H,3-7,16-17H2,1-2H3,(H,30,31)/t22-/m1/s1. The molecule has 1 saturated heterocycles. The molecule has 7 nitrogen and oxygen atoms in total. The molecule has 1 N–H and O–H groups in total. The lowest BCUT2D eigenvalue weighted by molar-refractivity contribution is -0.121. The van der Waals surface area contributed by atoms with Crippen LogP contribution in [0.1, 0.15) is 45.4 Å². The Labute approximate surface area is 224 Å². The van der Waals surface area contributed by atoms with E-state index < -0.39 is 16.7 Å². The summed E-state index contributed by atoms with van der Waals surface area (Å²) in [4.78, 5) is 31.6. The summed E-state index contributed by atoms with van der Waals surface area (Å²) in [6.07, 6.45) is 5.48. The number of benzene rings is 2.